The molecule has 3 rings (SSSR count). The van der Waals surface area contributed by atoms with Gasteiger partial charge in [0.15, 0.2) is 11.6 Å². The lowest BCUT2D eigenvalue weighted by atomic mass is 10.1. The summed E-state index contributed by atoms with van der Waals surface area (Å²) in [6.45, 7) is 5.62. The molecule has 9 heteroatoms. The van der Waals surface area contributed by atoms with E-state index in [-0.39, 0.29) is 12.3 Å². The Morgan fingerprint density at radius 3 is 2.93 bits per heavy atom. The highest BCUT2D eigenvalue weighted by Gasteiger charge is 2.09. The SMILES string of the molecule is C=CC(=O)Cc1cccc(CNc2nc(Nc3cnn(CC(C)F)c3)ncc2Cl)c1. The van der Waals surface area contributed by atoms with Crippen LogP contribution in [0.25, 0.3) is 0 Å². The van der Waals surface area contributed by atoms with Gasteiger partial charge in [-0.15, -0.1) is 0 Å². The van der Waals surface area contributed by atoms with Gasteiger partial charge in [-0.05, 0) is 24.1 Å². The fraction of sp³-hybridized carbons (Fsp3) is 0.238. The summed E-state index contributed by atoms with van der Waals surface area (Å²) in [5, 5.41) is 10.7. The maximum absolute atomic E-state index is 13.1. The molecule has 156 valence electrons. The zero-order valence-corrected chi connectivity index (χ0v) is 17.2. The van der Waals surface area contributed by atoms with Crippen molar-refractivity contribution >= 4 is 34.8 Å². The van der Waals surface area contributed by atoms with Crippen LogP contribution in [0.3, 0.4) is 0 Å². The van der Waals surface area contributed by atoms with Crippen molar-refractivity contribution < 1.29 is 9.18 Å². The molecule has 1 unspecified atom stereocenters. The number of hydrogen-bond donors (Lipinski definition) is 2. The topological polar surface area (TPSA) is 84.7 Å². The van der Waals surface area contributed by atoms with Gasteiger partial charge in [-0.25, -0.2) is 9.37 Å². The van der Waals surface area contributed by atoms with Gasteiger partial charge in [0.2, 0.25) is 5.95 Å². The van der Waals surface area contributed by atoms with Gasteiger partial charge in [0, 0.05) is 19.2 Å². The fourth-order valence-corrected chi connectivity index (χ4v) is 2.93. The van der Waals surface area contributed by atoms with E-state index in [0.29, 0.717) is 35.4 Å². The van der Waals surface area contributed by atoms with E-state index in [2.05, 4.69) is 32.3 Å². The molecule has 30 heavy (non-hydrogen) atoms. The van der Waals surface area contributed by atoms with Crippen molar-refractivity contribution in [3.05, 3.63) is 71.7 Å². The Labute approximate surface area is 179 Å². The van der Waals surface area contributed by atoms with E-state index in [4.69, 9.17) is 11.6 Å². The fourth-order valence-electron chi connectivity index (χ4n) is 2.77. The van der Waals surface area contributed by atoms with Crippen LogP contribution in [0, 0.1) is 0 Å². The molecule has 2 aromatic heterocycles. The van der Waals surface area contributed by atoms with Gasteiger partial charge >= 0.3 is 0 Å². The van der Waals surface area contributed by atoms with Crippen LogP contribution >= 0.6 is 11.6 Å². The second kappa shape index (κ2) is 9.98. The molecule has 0 aliphatic heterocycles. The van der Waals surface area contributed by atoms with Crippen LogP contribution in [0.1, 0.15) is 18.1 Å². The summed E-state index contributed by atoms with van der Waals surface area (Å²) < 4.78 is 14.6. The van der Waals surface area contributed by atoms with Crippen molar-refractivity contribution in [3.63, 3.8) is 0 Å². The third kappa shape index (κ3) is 6.12. The molecule has 0 saturated carbocycles. The molecule has 2 heterocycles. The predicted molar refractivity (Wildman–Crippen MR) is 116 cm³/mol. The summed E-state index contributed by atoms with van der Waals surface area (Å²) in [5.74, 6) is 0.769. The average Bonchev–Trinajstić information content (AvgIpc) is 3.14. The second-order valence-electron chi connectivity index (χ2n) is 6.77. The molecule has 0 radical (unpaired) electrons. The van der Waals surface area contributed by atoms with E-state index in [9.17, 15) is 9.18 Å². The Hall–Kier alpha value is -3.26. The minimum absolute atomic E-state index is 0.0287. The van der Waals surface area contributed by atoms with Crippen LogP contribution in [0.15, 0.2) is 55.5 Å². The lowest BCUT2D eigenvalue weighted by molar-refractivity contribution is -0.114. The molecular formula is C21H22ClFN6O. The molecule has 0 fully saturated rings. The standard InChI is InChI=1S/C21H22ClFN6O/c1-3-18(30)8-15-5-4-6-16(7-15)9-24-20-19(22)11-25-21(28-20)27-17-10-26-29(13-17)12-14(2)23/h3-7,10-11,13-14H,1,8-9,12H2,2H3,(H2,24,25,27,28). The molecule has 0 amide bonds. The molecule has 1 atom stereocenters. The number of halogens is 2. The van der Waals surface area contributed by atoms with Crippen LogP contribution in [0.5, 0.6) is 0 Å². The lowest BCUT2D eigenvalue weighted by Crippen LogP contribution is -2.07. The number of anilines is 3. The van der Waals surface area contributed by atoms with Crippen molar-refractivity contribution in [3.8, 4) is 0 Å². The van der Waals surface area contributed by atoms with Crippen molar-refractivity contribution in [2.45, 2.75) is 32.6 Å². The van der Waals surface area contributed by atoms with Crippen LogP contribution in [0.2, 0.25) is 5.02 Å². The molecule has 2 N–H and O–H groups in total. The predicted octanol–water partition coefficient (Wildman–Crippen LogP) is 4.34. The first-order valence-corrected chi connectivity index (χ1v) is 9.74. The van der Waals surface area contributed by atoms with Crippen molar-refractivity contribution in [1.29, 1.82) is 0 Å². The van der Waals surface area contributed by atoms with E-state index >= 15 is 0 Å². The number of carbonyl (C=O) groups is 1. The zero-order valence-electron chi connectivity index (χ0n) is 16.5. The van der Waals surface area contributed by atoms with E-state index < -0.39 is 6.17 Å². The van der Waals surface area contributed by atoms with Crippen LogP contribution in [0.4, 0.5) is 21.8 Å². The number of carbonyl (C=O) groups excluding carboxylic acids is 1. The largest absolute Gasteiger partial charge is 0.365 e. The number of ketones is 1. The Morgan fingerprint density at radius 2 is 2.17 bits per heavy atom. The zero-order chi connectivity index (χ0) is 21.5. The number of allylic oxidation sites excluding steroid dienone is 1. The number of nitrogens with zero attached hydrogens (tertiary/aromatic N) is 4. The highest BCUT2D eigenvalue weighted by molar-refractivity contribution is 6.32. The van der Waals surface area contributed by atoms with Crippen LogP contribution in [-0.4, -0.2) is 31.7 Å². The molecule has 7 nitrogen and oxygen atoms in total. The van der Waals surface area contributed by atoms with Gasteiger partial charge in [0.25, 0.3) is 0 Å². The summed E-state index contributed by atoms with van der Waals surface area (Å²) in [6, 6.07) is 7.69. The third-order valence-corrected chi connectivity index (χ3v) is 4.41. The molecule has 3 aromatic rings. The third-order valence-electron chi connectivity index (χ3n) is 4.13. The van der Waals surface area contributed by atoms with Crippen LogP contribution < -0.4 is 10.6 Å². The quantitative estimate of drug-likeness (QED) is 0.467. The van der Waals surface area contributed by atoms with E-state index in [1.165, 1.54) is 23.9 Å². The summed E-state index contributed by atoms with van der Waals surface area (Å²) in [6.07, 6.45) is 5.39. The first kappa shape index (κ1) is 21.4. The Bertz CT molecular complexity index is 1040. The smallest absolute Gasteiger partial charge is 0.229 e. The highest BCUT2D eigenvalue weighted by Crippen LogP contribution is 2.22. The Kier molecular flexibility index (Phi) is 7.13. The average molecular weight is 429 g/mol. The lowest BCUT2D eigenvalue weighted by Gasteiger charge is -2.10. The molecule has 0 saturated heterocycles. The molecule has 0 spiro atoms. The maximum atomic E-state index is 13.1. The van der Waals surface area contributed by atoms with Gasteiger partial charge < -0.3 is 10.6 Å². The summed E-state index contributed by atoms with van der Waals surface area (Å²) in [4.78, 5) is 20.1. The summed E-state index contributed by atoms with van der Waals surface area (Å²) in [5.41, 5.74) is 2.54. The van der Waals surface area contributed by atoms with Crippen LogP contribution in [-0.2, 0) is 24.3 Å². The molecule has 0 bridgehead atoms. The minimum atomic E-state index is -0.992. The number of nitrogens with one attached hydrogen (secondary N) is 2. The number of benzene rings is 1. The number of alkyl halides is 1. The molecule has 0 aliphatic rings. The minimum Gasteiger partial charge on any atom is -0.365 e. The van der Waals surface area contributed by atoms with Crippen molar-refractivity contribution in [2.24, 2.45) is 0 Å². The maximum Gasteiger partial charge on any atom is 0.229 e. The number of hydrogen-bond acceptors (Lipinski definition) is 6. The van der Waals surface area contributed by atoms with Gasteiger partial charge in [0.1, 0.15) is 11.2 Å². The highest BCUT2D eigenvalue weighted by atomic mass is 35.5. The molecule has 0 aliphatic carbocycles. The van der Waals surface area contributed by atoms with Gasteiger partial charge in [-0.1, -0.05) is 42.4 Å². The molecular weight excluding hydrogens is 407 g/mol. The monoisotopic (exact) mass is 428 g/mol. The summed E-state index contributed by atoms with van der Waals surface area (Å²) >= 11 is 6.22. The van der Waals surface area contributed by atoms with Gasteiger partial charge in [-0.3, -0.25) is 9.48 Å². The van der Waals surface area contributed by atoms with Gasteiger partial charge in [-0.2, -0.15) is 10.1 Å². The van der Waals surface area contributed by atoms with E-state index in [1.54, 1.807) is 12.4 Å². The second-order valence-corrected chi connectivity index (χ2v) is 7.17. The van der Waals surface area contributed by atoms with Gasteiger partial charge in [0.05, 0.1) is 24.6 Å². The first-order chi connectivity index (χ1) is 14.4. The molecule has 1 aromatic carbocycles. The Balaban J connectivity index is 1.66. The van der Waals surface area contributed by atoms with E-state index in [0.717, 1.165) is 11.1 Å². The number of rotatable bonds is 10. The summed E-state index contributed by atoms with van der Waals surface area (Å²) in [7, 11) is 0. The first-order valence-electron chi connectivity index (χ1n) is 9.36. The Morgan fingerprint density at radius 1 is 1.37 bits per heavy atom. The van der Waals surface area contributed by atoms with E-state index in [1.807, 2.05) is 24.3 Å². The normalized spacial score (nSPS) is 11.7. The number of aromatic nitrogens is 4. The van der Waals surface area contributed by atoms with Crippen molar-refractivity contribution in [2.75, 3.05) is 10.6 Å². The van der Waals surface area contributed by atoms with Crippen molar-refractivity contribution in [1.82, 2.24) is 19.7 Å².